The van der Waals surface area contributed by atoms with E-state index in [1.54, 1.807) is 29.2 Å². The molecule has 3 aromatic rings. The third-order valence-corrected chi connectivity index (χ3v) is 4.95. The van der Waals surface area contributed by atoms with Crippen molar-refractivity contribution in [2.75, 3.05) is 10.6 Å². The molecule has 0 radical (unpaired) electrons. The van der Waals surface area contributed by atoms with Crippen molar-refractivity contribution in [3.8, 4) is 5.82 Å². The van der Waals surface area contributed by atoms with Gasteiger partial charge >= 0.3 is 0 Å². The van der Waals surface area contributed by atoms with Crippen molar-refractivity contribution in [3.05, 3.63) is 48.3 Å². The van der Waals surface area contributed by atoms with Gasteiger partial charge in [-0.25, -0.2) is 19.3 Å². The van der Waals surface area contributed by atoms with E-state index in [1.807, 2.05) is 19.9 Å². The molecule has 3 atom stereocenters. The minimum atomic E-state index is -1.07. The molecule has 0 aliphatic heterocycles. The molecule has 10 heteroatoms. The van der Waals surface area contributed by atoms with Crippen molar-refractivity contribution >= 4 is 23.4 Å². The fraction of sp³-hybridized carbons (Fsp3) is 0.350. The number of rotatable bonds is 7. The number of aliphatic hydroxyl groups excluding tert-OH is 1. The Balaban J connectivity index is 1.54. The van der Waals surface area contributed by atoms with Crippen molar-refractivity contribution in [2.24, 2.45) is 5.92 Å². The number of hydrogen-bond acceptors (Lipinski definition) is 7. The van der Waals surface area contributed by atoms with Gasteiger partial charge in [-0.1, -0.05) is 6.92 Å². The summed E-state index contributed by atoms with van der Waals surface area (Å²) >= 11 is 0. The Bertz CT molecular complexity index is 1070. The van der Waals surface area contributed by atoms with Crippen molar-refractivity contribution in [3.63, 3.8) is 0 Å². The van der Waals surface area contributed by atoms with Crippen LogP contribution >= 0.6 is 0 Å². The van der Waals surface area contributed by atoms with Crippen LogP contribution in [-0.2, 0) is 4.79 Å². The van der Waals surface area contributed by atoms with E-state index in [9.17, 15) is 14.3 Å². The maximum atomic E-state index is 13.1. The minimum absolute atomic E-state index is 0.251. The molecule has 1 aliphatic rings. The van der Waals surface area contributed by atoms with E-state index in [-0.39, 0.29) is 12.3 Å². The van der Waals surface area contributed by atoms with Crippen LogP contribution in [0.3, 0.4) is 0 Å². The summed E-state index contributed by atoms with van der Waals surface area (Å²) < 4.78 is 14.8. The summed E-state index contributed by atoms with van der Waals surface area (Å²) in [6.45, 7) is 3.81. The van der Waals surface area contributed by atoms with Gasteiger partial charge in [-0.15, -0.1) is 0 Å². The van der Waals surface area contributed by atoms with E-state index in [4.69, 9.17) is 0 Å². The molecule has 0 aromatic carbocycles. The van der Waals surface area contributed by atoms with Crippen LogP contribution in [0.2, 0.25) is 0 Å². The number of aromatic nitrogens is 5. The molecule has 3 heterocycles. The van der Waals surface area contributed by atoms with Gasteiger partial charge in [0.1, 0.15) is 24.1 Å². The number of aliphatic hydroxyl groups is 1. The first-order valence-electron chi connectivity index (χ1n) is 9.68. The molecule has 1 aliphatic carbocycles. The number of carbonyl (C=O) groups is 1. The number of hydrogen-bond donors (Lipinski definition) is 3. The molecule has 30 heavy (non-hydrogen) atoms. The zero-order chi connectivity index (χ0) is 21.3. The molecular weight excluding hydrogens is 389 g/mol. The first-order valence-corrected chi connectivity index (χ1v) is 9.68. The van der Waals surface area contributed by atoms with E-state index in [2.05, 4.69) is 30.6 Å². The third kappa shape index (κ3) is 4.13. The van der Waals surface area contributed by atoms with Crippen molar-refractivity contribution < 1.29 is 14.3 Å². The first kappa shape index (κ1) is 19.9. The number of pyridine rings is 1. The van der Waals surface area contributed by atoms with Gasteiger partial charge in [0.05, 0.1) is 29.6 Å². The van der Waals surface area contributed by atoms with Gasteiger partial charge in [0.25, 0.3) is 0 Å². The van der Waals surface area contributed by atoms with Gasteiger partial charge in [-0.05, 0) is 31.4 Å². The lowest BCUT2D eigenvalue weighted by atomic mass is 10.1. The Morgan fingerprint density at radius 2 is 2.13 bits per heavy atom. The van der Waals surface area contributed by atoms with Gasteiger partial charge in [-0.2, -0.15) is 0 Å². The second-order valence-electron chi connectivity index (χ2n) is 7.20. The van der Waals surface area contributed by atoms with Gasteiger partial charge in [0.15, 0.2) is 0 Å². The molecule has 1 amide bonds. The van der Waals surface area contributed by atoms with E-state index in [0.29, 0.717) is 29.7 Å². The van der Waals surface area contributed by atoms with Crippen molar-refractivity contribution in [2.45, 2.75) is 39.0 Å². The van der Waals surface area contributed by atoms with E-state index >= 15 is 0 Å². The summed E-state index contributed by atoms with van der Waals surface area (Å²) in [6, 6.07) is 3.42. The Morgan fingerprint density at radius 1 is 1.33 bits per heavy atom. The summed E-state index contributed by atoms with van der Waals surface area (Å²) in [5, 5.41) is 15.8. The topological polar surface area (TPSA) is 118 Å². The Kier molecular flexibility index (Phi) is 5.40. The fourth-order valence-corrected chi connectivity index (χ4v) is 3.00. The molecule has 1 saturated carbocycles. The van der Waals surface area contributed by atoms with Crippen LogP contribution in [0.1, 0.15) is 37.1 Å². The Hall–Kier alpha value is -3.40. The monoisotopic (exact) mass is 411 g/mol. The summed E-state index contributed by atoms with van der Waals surface area (Å²) in [7, 11) is 0. The van der Waals surface area contributed by atoms with Gasteiger partial charge < -0.3 is 15.7 Å². The molecular formula is C20H22FN7O2. The van der Waals surface area contributed by atoms with Gasteiger partial charge in [-0.3, -0.25) is 14.3 Å². The normalized spacial score (nSPS) is 18.7. The second-order valence-corrected chi connectivity index (χ2v) is 7.20. The zero-order valence-electron chi connectivity index (χ0n) is 16.6. The number of imidazole rings is 1. The van der Waals surface area contributed by atoms with Crippen LogP contribution in [-0.4, -0.2) is 41.7 Å². The maximum absolute atomic E-state index is 13.1. The van der Waals surface area contributed by atoms with E-state index < -0.39 is 18.2 Å². The largest absolute Gasteiger partial charge is 0.387 e. The number of anilines is 3. The Morgan fingerprint density at radius 3 is 2.83 bits per heavy atom. The minimum Gasteiger partial charge on any atom is -0.387 e. The highest BCUT2D eigenvalue weighted by Crippen LogP contribution is 2.34. The number of alkyl halides is 1. The third-order valence-electron chi connectivity index (χ3n) is 4.95. The number of nitrogens with one attached hydrogen (secondary N) is 2. The Labute approximate surface area is 172 Å². The molecule has 0 saturated heterocycles. The molecule has 9 nitrogen and oxygen atoms in total. The van der Waals surface area contributed by atoms with Crippen LogP contribution < -0.4 is 10.6 Å². The van der Waals surface area contributed by atoms with Crippen LogP contribution in [0.4, 0.5) is 21.8 Å². The highest BCUT2D eigenvalue weighted by atomic mass is 19.1. The molecule has 156 valence electrons. The average molecular weight is 411 g/mol. The van der Waals surface area contributed by atoms with Crippen LogP contribution in [0.5, 0.6) is 0 Å². The molecule has 4 rings (SSSR count). The molecule has 3 aromatic heterocycles. The lowest BCUT2D eigenvalue weighted by Gasteiger charge is -2.14. The van der Waals surface area contributed by atoms with Gasteiger partial charge in [0, 0.05) is 18.5 Å². The summed E-state index contributed by atoms with van der Waals surface area (Å²) in [4.78, 5) is 28.9. The quantitative estimate of drug-likeness (QED) is 0.547. The van der Waals surface area contributed by atoms with E-state index in [0.717, 1.165) is 11.3 Å². The van der Waals surface area contributed by atoms with Crippen molar-refractivity contribution in [1.82, 2.24) is 24.5 Å². The van der Waals surface area contributed by atoms with Crippen LogP contribution in [0, 0.1) is 12.8 Å². The molecule has 3 N–H and O–H groups in total. The van der Waals surface area contributed by atoms with E-state index in [1.165, 1.54) is 6.33 Å². The predicted octanol–water partition coefficient (Wildman–Crippen LogP) is 2.85. The summed E-state index contributed by atoms with van der Waals surface area (Å²) in [5.41, 5.74) is 2.26. The smallest absolute Gasteiger partial charge is 0.231 e. The number of aryl methyl sites for hydroxylation is 1. The molecule has 1 fully saturated rings. The lowest BCUT2D eigenvalue weighted by molar-refractivity contribution is -0.117. The fourth-order valence-electron chi connectivity index (χ4n) is 3.00. The SMILES string of the molecule is CC[C@@H](O)c1cc(C)c(Nc2nccn2-c2cc(NC(=O)[C@@H]3C[C@@H]3F)ncn2)cn1. The van der Waals surface area contributed by atoms with Gasteiger partial charge in [0.2, 0.25) is 11.9 Å². The predicted molar refractivity (Wildman–Crippen MR) is 108 cm³/mol. The van der Waals surface area contributed by atoms with Crippen LogP contribution in [0.15, 0.2) is 37.1 Å². The highest BCUT2D eigenvalue weighted by molar-refractivity contribution is 5.94. The standard InChI is InChI=1S/C20H22FN7O2/c1-3-16(29)14-6-11(2)15(9-23-14)26-20-22-4-5-28(20)18-8-17(24-10-25-18)27-19(30)12-7-13(12)21/h4-6,8-10,12-13,16,29H,3,7H2,1-2H3,(H,22,26)(H,24,25,27,30)/t12-,13+,16-/m1/s1. The number of halogens is 1. The lowest BCUT2D eigenvalue weighted by Crippen LogP contribution is -2.16. The molecule has 0 unspecified atom stereocenters. The second kappa shape index (κ2) is 8.15. The molecule has 0 bridgehead atoms. The van der Waals surface area contributed by atoms with Crippen molar-refractivity contribution in [1.29, 1.82) is 0 Å². The van der Waals surface area contributed by atoms with Crippen LogP contribution in [0.25, 0.3) is 5.82 Å². The number of amides is 1. The number of nitrogens with zero attached hydrogens (tertiary/aromatic N) is 5. The highest BCUT2D eigenvalue weighted by Gasteiger charge is 2.43. The first-order chi connectivity index (χ1) is 14.5. The maximum Gasteiger partial charge on any atom is 0.231 e. The summed E-state index contributed by atoms with van der Waals surface area (Å²) in [6.07, 6.45) is 5.46. The number of carbonyl (C=O) groups excluding carboxylic acids is 1. The zero-order valence-corrected chi connectivity index (χ0v) is 16.6. The average Bonchev–Trinajstić information content (AvgIpc) is 3.30. The molecule has 0 spiro atoms. The summed E-state index contributed by atoms with van der Waals surface area (Å²) in [5.74, 6) is 0.285.